The lowest BCUT2D eigenvalue weighted by atomic mass is 9.61. The zero-order valence-corrected chi connectivity index (χ0v) is 12.7. The summed E-state index contributed by atoms with van der Waals surface area (Å²) in [5.41, 5.74) is 6.01. The average molecular weight is 254 g/mol. The summed E-state index contributed by atoms with van der Waals surface area (Å²) < 4.78 is 5.96. The quantitative estimate of drug-likeness (QED) is 0.563. The van der Waals surface area contributed by atoms with Crippen LogP contribution >= 0.6 is 0 Å². The van der Waals surface area contributed by atoms with E-state index in [1.54, 1.807) is 27.1 Å². The SMILES string of the molecule is CCC(N)=C(C=NC)B(C)OC(C)(C)C(C)(C)O. The summed E-state index contributed by atoms with van der Waals surface area (Å²) in [7, 11) is 1.71. The Bertz CT molecular complexity index is 330. The Morgan fingerprint density at radius 3 is 2.22 bits per heavy atom. The Balaban J connectivity index is 5.11. The molecule has 0 aromatic heterocycles. The zero-order chi connectivity index (χ0) is 14.6. The van der Waals surface area contributed by atoms with Gasteiger partial charge < -0.3 is 15.5 Å². The predicted octanol–water partition coefficient (Wildman–Crippen LogP) is 2.04. The van der Waals surface area contributed by atoms with E-state index in [4.69, 9.17) is 10.4 Å². The van der Waals surface area contributed by atoms with E-state index in [9.17, 15) is 5.11 Å². The molecule has 0 unspecified atom stereocenters. The summed E-state index contributed by atoms with van der Waals surface area (Å²) in [4.78, 5) is 4.01. The Kier molecular flexibility index (Phi) is 6.10. The van der Waals surface area contributed by atoms with Crippen LogP contribution in [0, 0.1) is 0 Å². The van der Waals surface area contributed by atoms with E-state index in [-0.39, 0.29) is 6.92 Å². The first kappa shape index (κ1) is 17.2. The van der Waals surface area contributed by atoms with E-state index >= 15 is 0 Å². The Morgan fingerprint density at radius 1 is 1.39 bits per heavy atom. The number of hydrogen-bond acceptors (Lipinski definition) is 4. The average Bonchev–Trinajstić information content (AvgIpc) is 2.22. The number of aliphatic imine (C=N–C) groups is 1. The van der Waals surface area contributed by atoms with Crippen molar-refractivity contribution in [2.45, 2.75) is 59.1 Å². The highest BCUT2D eigenvalue weighted by Gasteiger charge is 2.38. The van der Waals surface area contributed by atoms with Crippen LogP contribution in [0.25, 0.3) is 0 Å². The largest absolute Gasteiger partial charge is 0.423 e. The van der Waals surface area contributed by atoms with Crippen molar-refractivity contribution in [3.8, 4) is 0 Å². The first-order valence-corrected chi connectivity index (χ1v) is 6.37. The fourth-order valence-electron chi connectivity index (χ4n) is 1.44. The molecular formula is C13H27BN2O2. The van der Waals surface area contributed by atoms with Gasteiger partial charge in [0.2, 0.25) is 0 Å². The highest BCUT2D eigenvalue weighted by Crippen LogP contribution is 2.27. The van der Waals surface area contributed by atoms with Gasteiger partial charge in [-0.15, -0.1) is 0 Å². The van der Waals surface area contributed by atoms with Gasteiger partial charge in [0.05, 0.1) is 11.2 Å². The molecule has 3 N–H and O–H groups in total. The normalized spacial score (nSPS) is 14.9. The Morgan fingerprint density at radius 2 is 1.89 bits per heavy atom. The first-order chi connectivity index (χ1) is 8.06. The van der Waals surface area contributed by atoms with Crippen LogP contribution in [0.2, 0.25) is 6.82 Å². The lowest BCUT2D eigenvalue weighted by Crippen LogP contribution is -2.50. The van der Waals surface area contributed by atoms with Crippen LogP contribution in [0.3, 0.4) is 0 Å². The van der Waals surface area contributed by atoms with Crippen molar-refractivity contribution in [2.24, 2.45) is 10.7 Å². The second kappa shape index (κ2) is 6.39. The van der Waals surface area contributed by atoms with Crippen molar-refractivity contribution in [3.05, 3.63) is 11.2 Å². The summed E-state index contributed by atoms with van der Waals surface area (Å²) in [6, 6.07) is 0. The maximum atomic E-state index is 10.1. The van der Waals surface area contributed by atoms with Crippen LogP contribution in [-0.4, -0.2) is 36.5 Å². The topological polar surface area (TPSA) is 67.8 Å². The van der Waals surface area contributed by atoms with Gasteiger partial charge >= 0.3 is 6.92 Å². The van der Waals surface area contributed by atoms with Crippen LogP contribution in [0.4, 0.5) is 0 Å². The van der Waals surface area contributed by atoms with Gasteiger partial charge in [0, 0.05) is 19.0 Å². The molecule has 0 fully saturated rings. The van der Waals surface area contributed by atoms with Gasteiger partial charge in [0.15, 0.2) is 0 Å². The van der Waals surface area contributed by atoms with E-state index in [0.29, 0.717) is 0 Å². The minimum atomic E-state index is -0.934. The number of hydrogen-bond donors (Lipinski definition) is 2. The van der Waals surface area contributed by atoms with Crippen molar-refractivity contribution in [2.75, 3.05) is 7.05 Å². The van der Waals surface area contributed by atoms with Crippen LogP contribution in [0.5, 0.6) is 0 Å². The molecule has 5 heteroatoms. The lowest BCUT2D eigenvalue weighted by Gasteiger charge is -2.39. The molecule has 0 radical (unpaired) electrons. The molecule has 0 bridgehead atoms. The molecule has 0 spiro atoms. The minimum absolute atomic E-state index is 0.213. The van der Waals surface area contributed by atoms with E-state index in [1.807, 2.05) is 27.6 Å². The molecule has 0 aromatic carbocycles. The van der Waals surface area contributed by atoms with E-state index in [0.717, 1.165) is 17.6 Å². The van der Waals surface area contributed by atoms with Crippen molar-refractivity contribution in [3.63, 3.8) is 0 Å². The van der Waals surface area contributed by atoms with Crippen LogP contribution in [0.15, 0.2) is 16.2 Å². The Labute approximate surface area is 111 Å². The van der Waals surface area contributed by atoms with Gasteiger partial charge in [0.1, 0.15) is 0 Å². The van der Waals surface area contributed by atoms with Crippen LogP contribution < -0.4 is 5.73 Å². The van der Waals surface area contributed by atoms with Gasteiger partial charge in [-0.2, -0.15) is 0 Å². The molecule has 18 heavy (non-hydrogen) atoms. The standard InChI is InChI=1S/C13H27BN2O2/c1-8-11(15)10(9-16-7)14(6)18-13(4,5)12(2,3)17/h9,17H,8,15H2,1-7H3. The summed E-state index contributed by atoms with van der Waals surface area (Å²) in [5, 5.41) is 10.1. The monoisotopic (exact) mass is 254 g/mol. The third-order valence-corrected chi connectivity index (χ3v) is 3.40. The summed E-state index contributed by atoms with van der Waals surface area (Å²) in [5.74, 6) is 0. The molecule has 0 aromatic rings. The maximum Gasteiger partial charge on any atom is 0.327 e. The number of nitrogens with zero attached hydrogens (tertiary/aromatic N) is 1. The number of rotatable bonds is 6. The molecule has 0 aliphatic rings. The smallest absolute Gasteiger partial charge is 0.327 e. The molecule has 0 saturated heterocycles. The molecule has 0 aliphatic carbocycles. The van der Waals surface area contributed by atoms with Crippen molar-refractivity contribution >= 4 is 13.1 Å². The summed E-state index contributed by atoms with van der Waals surface area (Å²) >= 11 is 0. The van der Waals surface area contributed by atoms with Crippen molar-refractivity contribution in [1.29, 1.82) is 0 Å². The number of nitrogens with two attached hydrogens (primary N) is 1. The Hall–Kier alpha value is -0.805. The lowest BCUT2D eigenvalue weighted by molar-refractivity contribution is -0.0921. The molecule has 0 heterocycles. The fourth-order valence-corrected chi connectivity index (χ4v) is 1.44. The van der Waals surface area contributed by atoms with E-state index < -0.39 is 11.2 Å². The van der Waals surface area contributed by atoms with Gasteiger partial charge in [-0.1, -0.05) is 13.7 Å². The van der Waals surface area contributed by atoms with Gasteiger partial charge in [0.25, 0.3) is 0 Å². The highest BCUT2D eigenvalue weighted by atomic mass is 16.5. The second-order valence-electron chi connectivity index (χ2n) is 5.55. The number of allylic oxidation sites excluding steroid dienone is 2. The molecule has 0 aliphatic heterocycles. The minimum Gasteiger partial charge on any atom is -0.423 e. The predicted molar refractivity (Wildman–Crippen MR) is 79.0 cm³/mol. The third kappa shape index (κ3) is 4.46. The third-order valence-electron chi connectivity index (χ3n) is 3.40. The van der Waals surface area contributed by atoms with Crippen molar-refractivity contribution < 1.29 is 9.76 Å². The van der Waals surface area contributed by atoms with E-state index in [1.165, 1.54) is 0 Å². The zero-order valence-electron chi connectivity index (χ0n) is 12.7. The molecule has 0 saturated carbocycles. The van der Waals surface area contributed by atoms with Gasteiger partial charge in [-0.05, 0) is 39.6 Å². The summed E-state index contributed by atoms with van der Waals surface area (Å²) in [6.45, 7) is 10.9. The van der Waals surface area contributed by atoms with Gasteiger partial charge in [-0.3, -0.25) is 4.99 Å². The molecule has 0 atom stereocenters. The molecular weight excluding hydrogens is 227 g/mol. The molecule has 104 valence electrons. The first-order valence-electron chi connectivity index (χ1n) is 6.37. The number of aliphatic hydroxyl groups is 1. The molecule has 0 amide bonds. The highest BCUT2D eigenvalue weighted by molar-refractivity contribution is 6.64. The van der Waals surface area contributed by atoms with Crippen molar-refractivity contribution in [1.82, 2.24) is 0 Å². The maximum absolute atomic E-state index is 10.1. The van der Waals surface area contributed by atoms with Crippen LogP contribution in [0.1, 0.15) is 41.0 Å². The van der Waals surface area contributed by atoms with Crippen LogP contribution in [-0.2, 0) is 4.65 Å². The van der Waals surface area contributed by atoms with E-state index in [2.05, 4.69) is 4.99 Å². The second-order valence-corrected chi connectivity index (χ2v) is 5.55. The van der Waals surface area contributed by atoms with Gasteiger partial charge in [-0.25, -0.2) is 0 Å². The molecule has 0 rings (SSSR count). The summed E-state index contributed by atoms with van der Waals surface area (Å²) in [6.07, 6.45) is 2.47. The molecule has 4 nitrogen and oxygen atoms in total. The fraction of sp³-hybridized carbons (Fsp3) is 0.769.